The Morgan fingerprint density at radius 1 is 0.600 bits per heavy atom. The van der Waals surface area contributed by atoms with Crippen molar-refractivity contribution in [3.05, 3.63) is 0 Å². The first kappa shape index (κ1) is 40.2. The van der Waals surface area contributed by atoms with Crippen LogP contribution in [0.3, 0.4) is 0 Å². The van der Waals surface area contributed by atoms with Crippen molar-refractivity contribution in [2.75, 3.05) is 39.6 Å². The first-order valence-corrected chi connectivity index (χ1v) is 8.32. The van der Waals surface area contributed by atoms with Gasteiger partial charge in [0.2, 0.25) is 0 Å². The standard InChI is InChI=1S/2C4H9O2.3C3H7O.Nb/c2*1-2-6-4-3-5;3*1-3(2)4;/h2*2-4H2,1H3;3*3H,1-2H3;/q5*-1;+5. The second-order valence-electron chi connectivity index (χ2n) is 4.95. The van der Waals surface area contributed by atoms with Crippen molar-refractivity contribution >= 4 is 0 Å². The molecule has 0 fully saturated rings. The Bertz CT molecular complexity index is 121. The van der Waals surface area contributed by atoms with Crippen LogP contribution >= 0.6 is 0 Å². The summed E-state index contributed by atoms with van der Waals surface area (Å²) in [6, 6.07) is 0. The van der Waals surface area contributed by atoms with Crippen LogP contribution in [0.2, 0.25) is 0 Å². The summed E-state index contributed by atoms with van der Waals surface area (Å²) in [6.07, 6.45) is -1.25. The van der Waals surface area contributed by atoms with Gasteiger partial charge in [-0.25, -0.2) is 0 Å². The van der Waals surface area contributed by atoms with E-state index in [2.05, 4.69) is 9.47 Å². The summed E-state index contributed by atoms with van der Waals surface area (Å²) in [7, 11) is 0. The van der Waals surface area contributed by atoms with Gasteiger partial charge in [-0.2, -0.15) is 0 Å². The van der Waals surface area contributed by atoms with Crippen LogP contribution in [-0.2, 0) is 31.9 Å². The van der Waals surface area contributed by atoms with Gasteiger partial charge in [-0.05, 0) is 13.8 Å². The summed E-state index contributed by atoms with van der Waals surface area (Å²) in [5, 5.41) is 47.7. The van der Waals surface area contributed by atoms with Crippen LogP contribution in [0.15, 0.2) is 0 Å². The van der Waals surface area contributed by atoms with Crippen molar-refractivity contribution in [3.8, 4) is 0 Å². The van der Waals surface area contributed by atoms with Gasteiger partial charge in [0.05, 0.1) is 0 Å². The van der Waals surface area contributed by atoms with Gasteiger partial charge in [0.25, 0.3) is 0 Å². The van der Waals surface area contributed by atoms with Gasteiger partial charge in [0.15, 0.2) is 0 Å². The minimum absolute atomic E-state index is 0. The monoisotopic (exact) mass is 448 g/mol. The molecule has 154 valence electrons. The number of hydrogen-bond acceptors (Lipinski definition) is 7. The molecule has 0 amide bonds. The van der Waals surface area contributed by atoms with E-state index in [1.54, 1.807) is 41.5 Å². The van der Waals surface area contributed by atoms with E-state index in [1.165, 1.54) is 0 Å². The molecule has 0 aromatic heterocycles. The molecule has 0 aliphatic rings. The molecule has 0 spiro atoms. The first-order valence-electron chi connectivity index (χ1n) is 8.32. The van der Waals surface area contributed by atoms with E-state index in [0.29, 0.717) is 26.4 Å². The maximum atomic E-state index is 9.56. The van der Waals surface area contributed by atoms with Crippen LogP contribution in [0.4, 0.5) is 0 Å². The molecule has 0 aliphatic heterocycles. The molecule has 0 aromatic carbocycles. The van der Waals surface area contributed by atoms with Gasteiger partial charge in [0.1, 0.15) is 0 Å². The average molecular weight is 448 g/mol. The molecular weight excluding hydrogens is 409 g/mol. The van der Waals surface area contributed by atoms with E-state index in [1.807, 2.05) is 13.8 Å². The fourth-order valence-electron chi connectivity index (χ4n) is 0.407. The third-order valence-electron chi connectivity index (χ3n) is 0.864. The summed E-state index contributed by atoms with van der Waals surface area (Å²) in [6.45, 7) is 15.2. The van der Waals surface area contributed by atoms with E-state index in [0.717, 1.165) is 0 Å². The zero-order valence-corrected chi connectivity index (χ0v) is 19.5. The molecule has 0 aliphatic carbocycles. The average Bonchev–Trinajstić information content (AvgIpc) is 2.41. The van der Waals surface area contributed by atoms with Crippen LogP contribution < -0.4 is 25.5 Å². The SMILES string of the molecule is CC(C)[O-].CC(C)[O-].CC(C)[O-].CCOCC[O-].CCOCC[O-].[Nb+5]. The van der Waals surface area contributed by atoms with Gasteiger partial charge < -0.3 is 35.0 Å². The van der Waals surface area contributed by atoms with Gasteiger partial charge in [0, 0.05) is 26.4 Å². The quantitative estimate of drug-likeness (QED) is 0.340. The van der Waals surface area contributed by atoms with E-state index < -0.39 is 18.3 Å². The van der Waals surface area contributed by atoms with Gasteiger partial charge in [-0.15, -0.1) is 31.5 Å². The summed E-state index contributed by atoms with van der Waals surface area (Å²) in [5.74, 6) is 0. The van der Waals surface area contributed by atoms with Crippen LogP contribution in [0.5, 0.6) is 0 Å². The van der Waals surface area contributed by atoms with Crippen molar-refractivity contribution in [2.24, 2.45) is 0 Å². The normalized spacial score (nSPS) is 8.64. The van der Waals surface area contributed by atoms with Crippen LogP contribution in [0.1, 0.15) is 55.4 Å². The summed E-state index contributed by atoms with van der Waals surface area (Å²) < 4.78 is 9.34. The maximum Gasteiger partial charge on any atom is 5.00 e. The van der Waals surface area contributed by atoms with Gasteiger partial charge in [-0.1, -0.05) is 41.5 Å². The van der Waals surface area contributed by atoms with E-state index >= 15 is 0 Å². The van der Waals surface area contributed by atoms with E-state index in [9.17, 15) is 25.5 Å². The molecule has 0 saturated carbocycles. The molecule has 0 radical (unpaired) electrons. The fraction of sp³-hybridized carbons (Fsp3) is 1.00. The second kappa shape index (κ2) is 44.2. The molecule has 0 heterocycles. The summed E-state index contributed by atoms with van der Waals surface area (Å²) in [5.41, 5.74) is 0. The molecule has 25 heavy (non-hydrogen) atoms. The Balaban J connectivity index is -0.0000000454. The van der Waals surface area contributed by atoms with Crippen molar-refractivity contribution in [1.29, 1.82) is 0 Å². The Hall–Kier alpha value is 0.460. The smallest absolute Gasteiger partial charge is 0.853 e. The van der Waals surface area contributed by atoms with Crippen LogP contribution in [-0.4, -0.2) is 58.0 Å². The zero-order chi connectivity index (χ0) is 20.4. The Morgan fingerprint density at radius 3 is 0.800 bits per heavy atom. The van der Waals surface area contributed by atoms with Crippen molar-refractivity contribution < 1.29 is 57.4 Å². The maximum absolute atomic E-state index is 9.56. The molecule has 0 rings (SSSR count). The van der Waals surface area contributed by atoms with Crippen LogP contribution in [0.25, 0.3) is 0 Å². The molecule has 0 N–H and O–H groups in total. The number of hydrogen-bond donors (Lipinski definition) is 0. The molecule has 0 saturated heterocycles. The molecule has 0 aromatic rings. The van der Waals surface area contributed by atoms with E-state index in [4.69, 9.17) is 0 Å². The Kier molecular flexibility index (Phi) is 71.1. The number of rotatable bonds is 6. The van der Waals surface area contributed by atoms with E-state index in [-0.39, 0.29) is 35.6 Å². The predicted octanol–water partition coefficient (Wildman–Crippen LogP) is -1.97. The molecule has 0 bridgehead atoms. The minimum Gasteiger partial charge on any atom is -0.853 e. The Morgan fingerprint density at radius 2 is 0.760 bits per heavy atom. The molecular formula is C17H39NbO7. The van der Waals surface area contributed by atoms with Gasteiger partial charge >= 0.3 is 22.4 Å². The number of ether oxygens (including phenoxy) is 2. The van der Waals surface area contributed by atoms with Crippen molar-refractivity contribution in [3.63, 3.8) is 0 Å². The molecule has 7 nitrogen and oxygen atoms in total. The topological polar surface area (TPSA) is 134 Å². The predicted molar refractivity (Wildman–Crippen MR) is 88.1 cm³/mol. The Labute approximate surface area is 170 Å². The first-order chi connectivity index (χ1) is 11.0. The van der Waals surface area contributed by atoms with Crippen molar-refractivity contribution in [2.45, 2.75) is 73.7 Å². The molecule has 8 heteroatoms. The second-order valence-corrected chi connectivity index (χ2v) is 4.95. The zero-order valence-electron chi connectivity index (χ0n) is 17.3. The fourth-order valence-corrected chi connectivity index (χ4v) is 0.407. The summed E-state index contributed by atoms with van der Waals surface area (Å²) >= 11 is 0. The summed E-state index contributed by atoms with van der Waals surface area (Å²) in [4.78, 5) is 0. The van der Waals surface area contributed by atoms with Crippen LogP contribution in [0, 0.1) is 0 Å². The van der Waals surface area contributed by atoms with Gasteiger partial charge in [-0.3, -0.25) is 0 Å². The van der Waals surface area contributed by atoms with Crippen molar-refractivity contribution in [1.82, 2.24) is 0 Å². The third-order valence-corrected chi connectivity index (χ3v) is 0.864. The molecule has 0 unspecified atom stereocenters. The third kappa shape index (κ3) is 296. The minimum atomic E-state index is -0.417. The molecule has 0 atom stereocenters. The largest absolute Gasteiger partial charge is 5.00 e.